The lowest BCUT2D eigenvalue weighted by Gasteiger charge is -1.98. The van der Waals surface area contributed by atoms with Gasteiger partial charge in [0.15, 0.2) is 0 Å². The Hall–Kier alpha value is -2.10. The lowest BCUT2D eigenvalue weighted by molar-refractivity contribution is 0.0685. The van der Waals surface area contributed by atoms with Crippen molar-refractivity contribution in [2.24, 2.45) is 7.05 Å². The Morgan fingerprint density at radius 2 is 2.00 bits per heavy atom. The lowest BCUT2D eigenvalue weighted by atomic mass is 10.1. The minimum Gasteiger partial charge on any atom is -0.477 e. The van der Waals surface area contributed by atoms with Gasteiger partial charge < -0.3 is 5.11 Å². The van der Waals surface area contributed by atoms with Gasteiger partial charge in [-0.25, -0.2) is 4.79 Å². The minimum atomic E-state index is -0.949. The van der Waals surface area contributed by atoms with Gasteiger partial charge in [0.25, 0.3) is 0 Å². The summed E-state index contributed by atoms with van der Waals surface area (Å²) < 4.78 is 1.39. The molecule has 0 unspecified atom stereocenters. The summed E-state index contributed by atoms with van der Waals surface area (Å²) in [5.41, 5.74) is 3.33. The molecule has 1 aromatic carbocycles. The third kappa shape index (κ3) is 2.53. The molecule has 0 atom stereocenters. The van der Waals surface area contributed by atoms with Crippen LogP contribution in [-0.4, -0.2) is 20.9 Å². The fourth-order valence-electron chi connectivity index (χ4n) is 1.73. The van der Waals surface area contributed by atoms with E-state index in [1.807, 2.05) is 31.2 Å². The van der Waals surface area contributed by atoms with Gasteiger partial charge in [0, 0.05) is 13.5 Å². The molecule has 0 saturated carbocycles. The summed E-state index contributed by atoms with van der Waals surface area (Å²) in [4.78, 5) is 10.9. The molecule has 1 heterocycles. The van der Waals surface area contributed by atoms with Crippen LogP contribution in [0.4, 0.5) is 0 Å². The Bertz CT molecular complexity index is 541. The normalized spacial score (nSPS) is 10.5. The van der Waals surface area contributed by atoms with E-state index in [1.54, 1.807) is 13.1 Å². The highest BCUT2D eigenvalue weighted by Crippen LogP contribution is 2.11. The van der Waals surface area contributed by atoms with Crippen molar-refractivity contribution in [1.29, 1.82) is 0 Å². The average molecular weight is 230 g/mol. The number of aromatic carboxylic acids is 1. The standard InChI is InChI=1S/C13H14N2O2/c1-9-3-5-10(6-4-9)7-11-8-12(13(16)17)15(2)14-11/h3-6,8H,7H2,1-2H3,(H,16,17). The van der Waals surface area contributed by atoms with Crippen LogP contribution in [0.15, 0.2) is 30.3 Å². The van der Waals surface area contributed by atoms with Gasteiger partial charge in [-0.05, 0) is 18.6 Å². The zero-order valence-corrected chi connectivity index (χ0v) is 9.84. The van der Waals surface area contributed by atoms with Crippen LogP contribution in [0.3, 0.4) is 0 Å². The number of hydrogen-bond donors (Lipinski definition) is 1. The number of aromatic nitrogens is 2. The van der Waals surface area contributed by atoms with E-state index >= 15 is 0 Å². The highest BCUT2D eigenvalue weighted by Gasteiger charge is 2.11. The lowest BCUT2D eigenvalue weighted by Crippen LogP contribution is -2.04. The third-order valence-corrected chi connectivity index (χ3v) is 2.66. The predicted molar refractivity (Wildman–Crippen MR) is 64.2 cm³/mol. The van der Waals surface area contributed by atoms with Crippen LogP contribution in [0.2, 0.25) is 0 Å². The molecule has 17 heavy (non-hydrogen) atoms. The molecule has 0 aliphatic carbocycles. The van der Waals surface area contributed by atoms with Gasteiger partial charge in [0.2, 0.25) is 0 Å². The molecule has 1 aromatic heterocycles. The van der Waals surface area contributed by atoms with E-state index in [2.05, 4.69) is 5.10 Å². The molecule has 88 valence electrons. The average Bonchev–Trinajstić information content (AvgIpc) is 2.63. The van der Waals surface area contributed by atoms with Crippen LogP contribution < -0.4 is 0 Å². The van der Waals surface area contributed by atoms with Gasteiger partial charge in [0.1, 0.15) is 5.69 Å². The Labute approximate surface area is 99.5 Å². The van der Waals surface area contributed by atoms with Crippen LogP contribution in [0, 0.1) is 6.92 Å². The third-order valence-electron chi connectivity index (χ3n) is 2.66. The van der Waals surface area contributed by atoms with Crippen molar-refractivity contribution in [2.45, 2.75) is 13.3 Å². The first kappa shape index (κ1) is 11.4. The topological polar surface area (TPSA) is 55.1 Å². The van der Waals surface area contributed by atoms with Crippen LogP contribution in [-0.2, 0) is 13.5 Å². The van der Waals surface area contributed by atoms with E-state index < -0.39 is 5.97 Å². The summed E-state index contributed by atoms with van der Waals surface area (Å²) in [7, 11) is 1.64. The van der Waals surface area contributed by atoms with Crippen molar-refractivity contribution in [3.63, 3.8) is 0 Å². The first-order valence-electron chi connectivity index (χ1n) is 5.38. The summed E-state index contributed by atoms with van der Waals surface area (Å²) in [6.07, 6.45) is 0.654. The fourth-order valence-corrected chi connectivity index (χ4v) is 1.73. The van der Waals surface area contributed by atoms with E-state index in [4.69, 9.17) is 5.11 Å². The number of benzene rings is 1. The Balaban J connectivity index is 2.22. The van der Waals surface area contributed by atoms with Crippen molar-refractivity contribution in [2.75, 3.05) is 0 Å². The largest absolute Gasteiger partial charge is 0.477 e. The maximum atomic E-state index is 10.9. The summed E-state index contributed by atoms with van der Waals surface area (Å²) in [5.74, 6) is -0.949. The second-order valence-electron chi connectivity index (χ2n) is 4.11. The molecule has 0 aliphatic rings. The number of nitrogens with zero attached hydrogens (tertiary/aromatic N) is 2. The van der Waals surface area contributed by atoms with Crippen molar-refractivity contribution < 1.29 is 9.90 Å². The molecule has 0 bridgehead atoms. The van der Waals surface area contributed by atoms with Gasteiger partial charge in [-0.2, -0.15) is 5.10 Å². The van der Waals surface area contributed by atoms with Crippen molar-refractivity contribution >= 4 is 5.97 Å². The van der Waals surface area contributed by atoms with E-state index in [0.717, 1.165) is 11.3 Å². The smallest absolute Gasteiger partial charge is 0.354 e. The highest BCUT2D eigenvalue weighted by molar-refractivity contribution is 5.85. The predicted octanol–water partition coefficient (Wildman–Crippen LogP) is 2.02. The zero-order chi connectivity index (χ0) is 12.4. The van der Waals surface area contributed by atoms with E-state index in [-0.39, 0.29) is 5.69 Å². The van der Waals surface area contributed by atoms with Crippen LogP contribution in [0.25, 0.3) is 0 Å². The van der Waals surface area contributed by atoms with Crippen LogP contribution in [0.1, 0.15) is 27.3 Å². The highest BCUT2D eigenvalue weighted by atomic mass is 16.4. The van der Waals surface area contributed by atoms with E-state index in [9.17, 15) is 4.79 Å². The molecule has 0 amide bonds. The van der Waals surface area contributed by atoms with Crippen molar-refractivity contribution in [3.05, 3.63) is 52.8 Å². The Morgan fingerprint density at radius 3 is 2.53 bits per heavy atom. The number of carboxylic acid groups (broad SMARTS) is 1. The van der Waals surface area contributed by atoms with Crippen LogP contribution in [0.5, 0.6) is 0 Å². The van der Waals surface area contributed by atoms with Crippen molar-refractivity contribution in [1.82, 2.24) is 9.78 Å². The molecule has 1 N–H and O–H groups in total. The molecule has 2 aromatic rings. The molecule has 0 saturated heterocycles. The summed E-state index contributed by atoms with van der Waals surface area (Å²) in [6.45, 7) is 2.03. The second-order valence-corrected chi connectivity index (χ2v) is 4.11. The summed E-state index contributed by atoms with van der Waals surface area (Å²) in [6, 6.07) is 9.75. The number of hydrogen-bond acceptors (Lipinski definition) is 2. The molecule has 0 fully saturated rings. The fraction of sp³-hybridized carbons (Fsp3) is 0.231. The minimum absolute atomic E-state index is 0.215. The number of carboxylic acids is 1. The van der Waals surface area contributed by atoms with Gasteiger partial charge in [-0.3, -0.25) is 4.68 Å². The SMILES string of the molecule is Cc1ccc(Cc2cc(C(=O)O)n(C)n2)cc1. The molecule has 0 spiro atoms. The molecule has 4 heteroatoms. The second kappa shape index (κ2) is 4.41. The number of carbonyl (C=O) groups is 1. The first-order valence-corrected chi connectivity index (χ1v) is 5.38. The summed E-state index contributed by atoms with van der Waals surface area (Å²) in [5, 5.41) is 13.1. The number of aryl methyl sites for hydroxylation is 2. The maximum absolute atomic E-state index is 10.9. The molecule has 0 aliphatic heterocycles. The molecule has 4 nitrogen and oxygen atoms in total. The van der Waals surface area contributed by atoms with Crippen molar-refractivity contribution in [3.8, 4) is 0 Å². The van der Waals surface area contributed by atoms with Gasteiger partial charge in [0.05, 0.1) is 5.69 Å². The Morgan fingerprint density at radius 1 is 1.35 bits per heavy atom. The maximum Gasteiger partial charge on any atom is 0.354 e. The summed E-state index contributed by atoms with van der Waals surface area (Å²) >= 11 is 0. The van der Waals surface area contributed by atoms with Gasteiger partial charge >= 0.3 is 5.97 Å². The molecule has 2 rings (SSSR count). The van der Waals surface area contributed by atoms with E-state index in [0.29, 0.717) is 6.42 Å². The monoisotopic (exact) mass is 230 g/mol. The quantitative estimate of drug-likeness (QED) is 0.877. The first-order chi connectivity index (χ1) is 8.06. The van der Waals surface area contributed by atoms with Crippen LogP contribution >= 0.6 is 0 Å². The molecular weight excluding hydrogens is 216 g/mol. The van der Waals surface area contributed by atoms with Gasteiger partial charge in [-0.1, -0.05) is 29.8 Å². The van der Waals surface area contributed by atoms with Gasteiger partial charge in [-0.15, -0.1) is 0 Å². The van der Waals surface area contributed by atoms with E-state index in [1.165, 1.54) is 10.2 Å². The Kier molecular flexibility index (Phi) is 2.95. The zero-order valence-electron chi connectivity index (χ0n) is 9.84. The molecule has 0 radical (unpaired) electrons. The number of rotatable bonds is 3. The molecular formula is C13H14N2O2.